The van der Waals surface area contributed by atoms with Gasteiger partial charge in [0, 0.05) is 18.5 Å². The molecule has 1 aliphatic carbocycles. The first kappa shape index (κ1) is 13.4. The number of carbonyl (C=O) groups excluding carboxylic acids is 1. The van der Waals surface area contributed by atoms with Crippen LogP contribution in [0.15, 0.2) is 0 Å². The quantitative estimate of drug-likeness (QED) is 0.831. The van der Waals surface area contributed by atoms with E-state index in [0.717, 1.165) is 38.4 Å². The van der Waals surface area contributed by atoms with E-state index >= 15 is 0 Å². The van der Waals surface area contributed by atoms with Gasteiger partial charge in [-0.1, -0.05) is 19.3 Å². The van der Waals surface area contributed by atoms with E-state index in [0.29, 0.717) is 17.9 Å². The maximum Gasteiger partial charge on any atom is 0.225 e. The molecule has 0 aromatic rings. The van der Waals surface area contributed by atoms with Crippen LogP contribution < -0.4 is 5.32 Å². The van der Waals surface area contributed by atoms with Crippen LogP contribution in [0.25, 0.3) is 0 Å². The number of nitrogens with one attached hydrogen (secondary N) is 1. The van der Waals surface area contributed by atoms with Crippen LogP contribution in [0.5, 0.6) is 0 Å². The van der Waals surface area contributed by atoms with Gasteiger partial charge in [0.05, 0.1) is 0 Å². The fraction of sp³-hybridized carbons (Fsp3) is 0.938. The Labute approximate surface area is 117 Å². The second-order valence-electron chi connectivity index (χ2n) is 6.66. The smallest absolute Gasteiger partial charge is 0.225 e. The Hall–Kier alpha value is -0.570. The van der Waals surface area contributed by atoms with Crippen molar-refractivity contribution in [1.29, 1.82) is 0 Å². The molecule has 2 aliphatic heterocycles. The summed E-state index contributed by atoms with van der Waals surface area (Å²) in [5, 5.41) is 3.44. The Morgan fingerprint density at radius 2 is 1.63 bits per heavy atom. The predicted molar refractivity (Wildman–Crippen MR) is 76.9 cm³/mol. The minimum Gasteiger partial charge on any atom is -0.339 e. The van der Waals surface area contributed by atoms with Gasteiger partial charge < -0.3 is 10.2 Å². The zero-order valence-corrected chi connectivity index (χ0v) is 12.1. The van der Waals surface area contributed by atoms with Gasteiger partial charge in [0.1, 0.15) is 0 Å². The molecule has 3 aliphatic rings. The van der Waals surface area contributed by atoms with E-state index in [2.05, 4.69) is 10.2 Å². The van der Waals surface area contributed by atoms with Gasteiger partial charge in [-0.15, -0.1) is 0 Å². The van der Waals surface area contributed by atoms with E-state index in [1.165, 1.54) is 44.9 Å². The van der Waals surface area contributed by atoms with Crippen LogP contribution in [-0.2, 0) is 4.79 Å². The first-order valence-corrected chi connectivity index (χ1v) is 8.37. The lowest BCUT2D eigenvalue weighted by Gasteiger charge is -2.36. The van der Waals surface area contributed by atoms with E-state index in [4.69, 9.17) is 0 Å². The largest absolute Gasteiger partial charge is 0.339 e. The van der Waals surface area contributed by atoms with Crippen molar-refractivity contribution in [2.45, 2.75) is 63.8 Å². The van der Waals surface area contributed by atoms with Crippen molar-refractivity contribution in [3.63, 3.8) is 0 Å². The van der Waals surface area contributed by atoms with Crippen molar-refractivity contribution in [3.05, 3.63) is 0 Å². The van der Waals surface area contributed by atoms with Crippen molar-refractivity contribution in [2.24, 2.45) is 11.8 Å². The topological polar surface area (TPSA) is 32.3 Å². The zero-order chi connectivity index (χ0) is 13.1. The SMILES string of the molecule is O=C(C1CCCCC1)N1CCCC1C1CCNCC1. The Balaban J connectivity index is 1.62. The molecule has 108 valence electrons. The average molecular weight is 264 g/mol. The zero-order valence-electron chi connectivity index (χ0n) is 12.1. The molecule has 3 heteroatoms. The third kappa shape index (κ3) is 2.96. The molecule has 3 rings (SSSR count). The predicted octanol–water partition coefficient (Wildman–Crippen LogP) is 2.56. The number of carbonyl (C=O) groups is 1. The number of amides is 1. The van der Waals surface area contributed by atoms with Gasteiger partial charge >= 0.3 is 0 Å². The average Bonchev–Trinajstić information content (AvgIpc) is 2.98. The molecule has 1 atom stereocenters. The van der Waals surface area contributed by atoms with Crippen LogP contribution in [0.4, 0.5) is 0 Å². The molecule has 0 aromatic carbocycles. The van der Waals surface area contributed by atoms with Gasteiger partial charge in [0.25, 0.3) is 0 Å². The van der Waals surface area contributed by atoms with Gasteiger partial charge in [-0.25, -0.2) is 0 Å². The Morgan fingerprint density at radius 3 is 2.37 bits per heavy atom. The molecular formula is C16H28N2O. The number of nitrogens with zero attached hydrogens (tertiary/aromatic N) is 1. The van der Waals surface area contributed by atoms with Gasteiger partial charge in [-0.3, -0.25) is 4.79 Å². The lowest BCUT2D eigenvalue weighted by atomic mass is 9.85. The maximum atomic E-state index is 12.8. The van der Waals surface area contributed by atoms with Gasteiger partial charge in [-0.2, -0.15) is 0 Å². The van der Waals surface area contributed by atoms with Gasteiger partial charge in [0.15, 0.2) is 0 Å². The summed E-state index contributed by atoms with van der Waals surface area (Å²) in [5.74, 6) is 1.62. The van der Waals surface area contributed by atoms with Crippen molar-refractivity contribution >= 4 is 5.91 Å². The molecule has 0 spiro atoms. The van der Waals surface area contributed by atoms with Crippen molar-refractivity contribution in [2.75, 3.05) is 19.6 Å². The summed E-state index contributed by atoms with van der Waals surface area (Å²) >= 11 is 0. The molecule has 1 unspecified atom stereocenters. The van der Waals surface area contributed by atoms with E-state index in [1.807, 2.05) is 0 Å². The lowest BCUT2D eigenvalue weighted by Crippen LogP contribution is -2.46. The molecule has 1 N–H and O–H groups in total. The van der Waals surface area contributed by atoms with Crippen LogP contribution >= 0.6 is 0 Å². The summed E-state index contributed by atoms with van der Waals surface area (Å²) in [5.41, 5.74) is 0. The van der Waals surface area contributed by atoms with Crippen LogP contribution in [-0.4, -0.2) is 36.5 Å². The molecule has 1 saturated carbocycles. The van der Waals surface area contributed by atoms with Crippen LogP contribution in [0.1, 0.15) is 57.8 Å². The Morgan fingerprint density at radius 1 is 0.895 bits per heavy atom. The molecule has 3 nitrogen and oxygen atoms in total. The third-order valence-electron chi connectivity index (χ3n) is 5.46. The summed E-state index contributed by atoms with van der Waals surface area (Å²) in [4.78, 5) is 15.0. The van der Waals surface area contributed by atoms with E-state index in [1.54, 1.807) is 0 Å². The Bertz CT molecular complexity index is 306. The molecule has 19 heavy (non-hydrogen) atoms. The molecule has 1 amide bonds. The van der Waals surface area contributed by atoms with E-state index in [-0.39, 0.29) is 0 Å². The summed E-state index contributed by atoms with van der Waals surface area (Å²) in [6.45, 7) is 3.32. The van der Waals surface area contributed by atoms with Crippen molar-refractivity contribution < 1.29 is 4.79 Å². The first-order valence-electron chi connectivity index (χ1n) is 8.37. The summed E-state index contributed by atoms with van der Waals surface area (Å²) in [7, 11) is 0. The number of hydrogen-bond acceptors (Lipinski definition) is 2. The highest BCUT2D eigenvalue weighted by Gasteiger charge is 2.37. The molecule has 2 heterocycles. The second-order valence-corrected chi connectivity index (χ2v) is 6.66. The molecule has 0 bridgehead atoms. The normalized spacial score (nSPS) is 30.7. The number of piperidine rings is 1. The number of rotatable bonds is 2. The number of likely N-dealkylation sites (tertiary alicyclic amines) is 1. The standard InChI is InChI=1S/C16H28N2O/c19-16(14-5-2-1-3-6-14)18-12-4-7-15(18)13-8-10-17-11-9-13/h13-15,17H,1-12H2. The Kier molecular flexibility index (Phi) is 4.42. The summed E-state index contributed by atoms with van der Waals surface area (Å²) in [6, 6.07) is 0.566. The molecule has 0 radical (unpaired) electrons. The molecular weight excluding hydrogens is 236 g/mol. The number of hydrogen-bond donors (Lipinski definition) is 1. The lowest BCUT2D eigenvalue weighted by molar-refractivity contribution is -0.138. The fourth-order valence-corrected chi connectivity index (χ4v) is 4.37. The summed E-state index contributed by atoms with van der Waals surface area (Å²) in [6.07, 6.45) is 11.2. The van der Waals surface area contributed by atoms with Crippen LogP contribution in [0.3, 0.4) is 0 Å². The third-order valence-corrected chi connectivity index (χ3v) is 5.46. The molecule has 0 aromatic heterocycles. The monoisotopic (exact) mass is 264 g/mol. The van der Waals surface area contributed by atoms with E-state index in [9.17, 15) is 4.79 Å². The van der Waals surface area contributed by atoms with Crippen molar-refractivity contribution in [1.82, 2.24) is 10.2 Å². The highest BCUT2D eigenvalue weighted by molar-refractivity contribution is 5.79. The fourth-order valence-electron chi connectivity index (χ4n) is 4.37. The minimum atomic E-state index is 0.357. The maximum absolute atomic E-state index is 12.8. The van der Waals surface area contributed by atoms with Crippen molar-refractivity contribution in [3.8, 4) is 0 Å². The molecule has 2 saturated heterocycles. The second kappa shape index (κ2) is 6.25. The minimum absolute atomic E-state index is 0.357. The highest BCUT2D eigenvalue weighted by atomic mass is 16.2. The molecule has 3 fully saturated rings. The van der Waals surface area contributed by atoms with Gasteiger partial charge in [0.2, 0.25) is 5.91 Å². The highest BCUT2D eigenvalue weighted by Crippen LogP contribution is 2.33. The van der Waals surface area contributed by atoms with Crippen LogP contribution in [0.2, 0.25) is 0 Å². The van der Waals surface area contributed by atoms with Gasteiger partial charge in [-0.05, 0) is 57.5 Å². The first-order chi connectivity index (χ1) is 9.36. The summed E-state index contributed by atoms with van der Waals surface area (Å²) < 4.78 is 0. The van der Waals surface area contributed by atoms with Crippen LogP contribution in [0, 0.1) is 11.8 Å². The van der Waals surface area contributed by atoms with E-state index < -0.39 is 0 Å².